The molecule has 0 atom stereocenters. The van der Waals surface area contributed by atoms with E-state index in [0.29, 0.717) is 11.3 Å². The van der Waals surface area contributed by atoms with Gasteiger partial charge in [-0.15, -0.1) is 0 Å². The second-order valence-electron chi connectivity index (χ2n) is 4.66. The van der Waals surface area contributed by atoms with Gasteiger partial charge in [0.05, 0.1) is 5.69 Å². The van der Waals surface area contributed by atoms with Crippen LogP contribution in [-0.2, 0) is 14.1 Å². The number of benzene rings is 1. The zero-order valence-corrected chi connectivity index (χ0v) is 11.0. The van der Waals surface area contributed by atoms with Gasteiger partial charge in [-0.25, -0.2) is 9.18 Å². The summed E-state index contributed by atoms with van der Waals surface area (Å²) in [5.74, 6) is -1.53. The molecule has 3 aromatic rings. The van der Waals surface area contributed by atoms with Crippen LogP contribution in [0.2, 0.25) is 0 Å². The summed E-state index contributed by atoms with van der Waals surface area (Å²) < 4.78 is 17.5. The Hall–Kier alpha value is -2.63. The zero-order valence-electron chi connectivity index (χ0n) is 11.0. The number of hydrogen-bond acceptors (Lipinski definition) is 2. The molecule has 0 fully saturated rings. The Bertz CT molecular complexity index is 832. The average Bonchev–Trinajstić information content (AvgIpc) is 2.93. The predicted octanol–water partition coefficient (Wildman–Crippen LogP) is 2.42. The molecule has 0 aliphatic carbocycles. The van der Waals surface area contributed by atoms with Crippen LogP contribution in [0.25, 0.3) is 22.2 Å². The third-order valence-corrected chi connectivity index (χ3v) is 3.35. The standard InChI is InChI=1S/C14H12FN3O2/c1-17-4-3-8-5-10(15)9(6-12(8)17)13-7-11(14(19)20)16-18(13)2/h3-7H,1-2H3,(H,19,20). The average molecular weight is 273 g/mol. The third-order valence-electron chi connectivity index (χ3n) is 3.35. The molecule has 2 aromatic heterocycles. The highest BCUT2D eigenvalue weighted by atomic mass is 19.1. The van der Waals surface area contributed by atoms with Crippen molar-refractivity contribution in [3.8, 4) is 11.3 Å². The minimum Gasteiger partial charge on any atom is -0.476 e. The lowest BCUT2D eigenvalue weighted by molar-refractivity contribution is 0.0689. The molecular weight excluding hydrogens is 261 g/mol. The number of fused-ring (bicyclic) bond motifs is 1. The largest absolute Gasteiger partial charge is 0.476 e. The quantitative estimate of drug-likeness (QED) is 0.780. The summed E-state index contributed by atoms with van der Waals surface area (Å²) in [5, 5.41) is 13.6. The number of carbonyl (C=O) groups is 1. The number of nitrogens with zero attached hydrogens (tertiary/aromatic N) is 3. The van der Waals surface area contributed by atoms with Crippen molar-refractivity contribution >= 4 is 16.9 Å². The molecule has 3 rings (SSSR count). The summed E-state index contributed by atoms with van der Waals surface area (Å²) in [4.78, 5) is 10.9. The number of aromatic nitrogens is 3. The van der Waals surface area contributed by atoms with E-state index in [4.69, 9.17) is 5.11 Å². The molecule has 0 aliphatic rings. The molecule has 0 bridgehead atoms. The first kappa shape index (κ1) is 12.4. The normalized spacial score (nSPS) is 11.2. The smallest absolute Gasteiger partial charge is 0.356 e. The minimum absolute atomic E-state index is 0.103. The maximum atomic E-state index is 14.2. The van der Waals surface area contributed by atoms with Gasteiger partial charge in [-0.1, -0.05) is 0 Å². The number of rotatable bonds is 2. The Morgan fingerprint density at radius 2 is 2.05 bits per heavy atom. The van der Waals surface area contributed by atoms with Crippen LogP contribution in [0.5, 0.6) is 0 Å². The summed E-state index contributed by atoms with van der Waals surface area (Å²) in [5.41, 5.74) is 1.54. The Balaban J connectivity index is 2.25. The fourth-order valence-electron chi connectivity index (χ4n) is 2.31. The van der Waals surface area contributed by atoms with Crippen LogP contribution >= 0.6 is 0 Å². The Morgan fingerprint density at radius 1 is 1.30 bits per heavy atom. The van der Waals surface area contributed by atoms with Gasteiger partial charge in [-0.05, 0) is 24.3 Å². The highest BCUT2D eigenvalue weighted by Gasteiger charge is 2.16. The Labute approximate surface area is 113 Å². The van der Waals surface area contributed by atoms with Crippen LogP contribution in [0.1, 0.15) is 10.5 Å². The third kappa shape index (κ3) is 1.77. The Morgan fingerprint density at radius 3 is 2.70 bits per heavy atom. The number of aromatic carboxylic acids is 1. The summed E-state index contributed by atoms with van der Waals surface area (Å²) in [6.07, 6.45) is 1.85. The number of aryl methyl sites for hydroxylation is 2. The first-order chi connectivity index (χ1) is 9.47. The first-order valence-corrected chi connectivity index (χ1v) is 5.99. The highest BCUT2D eigenvalue weighted by Crippen LogP contribution is 2.28. The molecule has 5 nitrogen and oxygen atoms in total. The van der Waals surface area contributed by atoms with Gasteiger partial charge in [0, 0.05) is 36.8 Å². The number of halogens is 1. The lowest BCUT2D eigenvalue weighted by atomic mass is 10.1. The topological polar surface area (TPSA) is 60.1 Å². The van der Waals surface area contributed by atoms with Gasteiger partial charge in [-0.3, -0.25) is 4.68 Å². The van der Waals surface area contributed by atoms with Gasteiger partial charge in [0.15, 0.2) is 5.69 Å². The van der Waals surface area contributed by atoms with Crippen molar-refractivity contribution < 1.29 is 14.3 Å². The van der Waals surface area contributed by atoms with Crippen molar-refractivity contribution in [1.29, 1.82) is 0 Å². The van der Waals surface area contributed by atoms with Crippen LogP contribution < -0.4 is 0 Å². The SMILES string of the molecule is Cn1nc(C(=O)O)cc1-c1cc2c(ccn2C)cc1F. The van der Waals surface area contributed by atoms with E-state index in [1.54, 1.807) is 13.1 Å². The van der Waals surface area contributed by atoms with Gasteiger partial charge in [-0.2, -0.15) is 5.10 Å². The summed E-state index contributed by atoms with van der Waals surface area (Å²) in [6, 6.07) is 6.34. The molecule has 0 spiro atoms. The molecule has 2 heterocycles. The second kappa shape index (κ2) is 4.19. The zero-order chi connectivity index (χ0) is 14.4. The molecule has 1 N–H and O–H groups in total. The fraction of sp³-hybridized carbons (Fsp3) is 0.143. The van der Waals surface area contributed by atoms with E-state index < -0.39 is 11.8 Å². The maximum Gasteiger partial charge on any atom is 0.356 e. The molecule has 6 heteroatoms. The van der Waals surface area contributed by atoms with Crippen molar-refractivity contribution in [2.24, 2.45) is 14.1 Å². The monoisotopic (exact) mass is 273 g/mol. The number of carboxylic acids is 1. The van der Waals surface area contributed by atoms with Crippen molar-refractivity contribution in [3.05, 3.63) is 42.0 Å². The molecule has 0 aliphatic heterocycles. The lowest BCUT2D eigenvalue weighted by Crippen LogP contribution is -1.99. The van der Waals surface area contributed by atoms with E-state index in [1.807, 2.05) is 23.9 Å². The summed E-state index contributed by atoms with van der Waals surface area (Å²) >= 11 is 0. The van der Waals surface area contributed by atoms with E-state index in [2.05, 4.69) is 5.10 Å². The van der Waals surface area contributed by atoms with Gasteiger partial charge < -0.3 is 9.67 Å². The summed E-state index contributed by atoms with van der Waals surface area (Å²) in [7, 11) is 3.46. The maximum absolute atomic E-state index is 14.2. The molecule has 0 saturated carbocycles. The van der Waals surface area contributed by atoms with Crippen LogP contribution in [0, 0.1) is 5.82 Å². The molecule has 0 unspecified atom stereocenters. The van der Waals surface area contributed by atoms with Crippen LogP contribution in [0.4, 0.5) is 4.39 Å². The minimum atomic E-state index is -1.13. The van der Waals surface area contributed by atoms with Crippen molar-refractivity contribution in [3.63, 3.8) is 0 Å². The lowest BCUT2D eigenvalue weighted by Gasteiger charge is -2.05. The number of hydrogen-bond donors (Lipinski definition) is 1. The molecule has 20 heavy (non-hydrogen) atoms. The molecular formula is C14H12FN3O2. The van der Waals surface area contributed by atoms with Gasteiger partial charge in [0.2, 0.25) is 0 Å². The number of carboxylic acid groups (broad SMARTS) is 1. The van der Waals surface area contributed by atoms with E-state index in [-0.39, 0.29) is 5.69 Å². The first-order valence-electron chi connectivity index (χ1n) is 5.99. The molecule has 0 radical (unpaired) electrons. The van der Waals surface area contributed by atoms with Crippen molar-refractivity contribution in [2.45, 2.75) is 0 Å². The summed E-state index contributed by atoms with van der Waals surface area (Å²) in [6.45, 7) is 0. The molecule has 0 amide bonds. The van der Waals surface area contributed by atoms with E-state index in [0.717, 1.165) is 10.9 Å². The highest BCUT2D eigenvalue weighted by molar-refractivity contribution is 5.89. The fourth-order valence-corrected chi connectivity index (χ4v) is 2.31. The molecule has 1 aromatic carbocycles. The van der Waals surface area contributed by atoms with Gasteiger partial charge in [0.1, 0.15) is 5.82 Å². The second-order valence-corrected chi connectivity index (χ2v) is 4.66. The Kier molecular flexibility index (Phi) is 2.60. The molecule has 102 valence electrons. The van der Waals surface area contributed by atoms with Crippen LogP contribution in [0.3, 0.4) is 0 Å². The van der Waals surface area contributed by atoms with Crippen molar-refractivity contribution in [1.82, 2.24) is 14.3 Å². The van der Waals surface area contributed by atoms with Crippen molar-refractivity contribution in [2.75, 3.05) is 0 Å². The van der Waals surface area contributed by atoms with Crippen LogP contribution in [-0.4, -0.2) is 25.4 Å². The van der Waals surface area contributed by atoms with E-state index in [1.165, 1.54) is 16.8 Å². The van der Waals surface area contributed by atoms with Crippen LogP contribution in [0.15, 0.2) is 30.5 Å². The van der Waals surface area contributed by atoms with E-state index in [9.17, 15) is 9.18 Å². The van der Waals surface area contributed by atoms with Gasteiger partial charge >= 0.3 is 5.97 Å². The predicted molar refractivity (Wildman–Crippen MR) is 72.0 cm³/mol. The molecule has 0 saturated heterocycles. The van der Waals surface area contributed by atoms with Gasteiger partial charge in [0.25, 0.3) is 0 Å². The van der Waals surface area contributed by atoms with E-state index >= 15 is 0 Å².